The van der Waals surface area contributed by atoms with E-state index < -0.39 is 0 Å². The number of aryl methyl sites for hydroxylation is 1. The summed E-state index contributed by atoms with van der Waals surface area (Å²) in [6.45, 7) is 2.11. The Bertz CT molecular complexity index is 674. The third kappa shape index (κ3) is 2.78. The Balaban J connectivity index is 1.85. The molecule has 0 aliphatic rings. The van der Waals surface area contributed by atoms with Crippen molar-refractivity contribution >= 4 is 24.9 Å². The average molecular weight is 313 g/mol. The summed E-state index contributed by atoms with van der Waals surface area (Å²) in [6, 6.07) is 18.6. The molecule has 2 aromatic carbocycles. The van der Waals surface area contributed by atoms with Gasteiger partial charge in [0.15, 0.2) is 0 Å². The molecule has 0 atom stereocenters. The summed E-state index contributed by atoms with van der Waals surface area (Å²) in [5, 5.41) is 3.43. The SMILES string of the molecule is Cc1ccccc1Nc1nc(-c2ccccc2)c[se]1. The van der Waals surface area contributed by atoms with E-state index in [-0.39, 0.29) is 14.5 Å². The molecule has 3 rings (SSSR count). The Kier molecular flexibility index (Phi) is 3.49. The Morgan fingerprint density at radius 2 is 1.68 bits per heavy atom. The Morgan fingerprint density at radius 3 is 2.47 bits per heavy atom. The van der Waals surface area contributed by atoms with E-state index >= 15 is 0 Å². The van der Waals surface area contributed by atoms with Gasteiger partial charge in [0.1, 0.15) is 0 Å². The minimum absolute atomic E-state index is 0.285. The first-order valence-corrected chi connectivity index (χ1v) is 8.01. The number of para-hydroxylation sites is 1. The molecule has 3 aromatic rings. The van der Waals surface area contributed by atoms with Gasteiger partial charge in [-0.05, 0) is 0 Å². The summed E-state index contributed by atoms with van der Waals surface area (Å²) in [6.07, 6.45) is 0. The predicted octanol–water partition coefficient (Wildman–Crippen LogP) is 3.86. The molecule has 0 aliphatic heterocycles. The molecule has 0 radical (unpaired) electrons. The van der Waals surface area contributed by atoms with Gasteiger partial charge in [-0.2, -0.15) is 0 Å². The van der Waals surface area contributed by atoms with E-state index in [1.165, 1.54) is 11.1 Å². The van der Waals surface area contributed by atoms with Gasteiger partial charge in [-0.3, -0.25) is 0 Å². The van der Waals surface area contributed by atoms with Crippen molar-refractivity contribution < 1.29 is 0 Å². The van der Waals surface area contributed by atoms with Crippen LogP contribution in [-0.4, -0.2) is 19.5 Å². The van der Waals surface area contributed by atoms with Crippen molar-refractivity contribution in [1.82, 2.24) is 4.98 Å². The number of nitrogens with zero attached hydrogens (tertiary/aromatic N) is 1. The van der Waals surface area contributed by atoms with Crippen LogP contribution in [0.4, 0.5) is 10.4 Å². The van der Waals surface area contributed by atoms with Crippen LogP contribution in [-0.2, 0) is 0 Å². The Morgan fingerprint density at radius 1 is 0.947 bits per heavy atom. The molecular weight excluding hydrogens is 299 g/mol. The van der Waals surface area contributed by atoms with Crippen LogP contribution >= 0.6 is 0 Å². The third-order valence-electron chi connectivity index (χ3n) is 2.96. The second kappa shape index (κ2) is 5.43. The van der Waals surface area contributed by atoms with Gasteiger partial charge in [-0.25, -0.2) is 0 Å². The second-order valence-corrected chi connectivity index (χ2v) is 6.14. The van der Waals surface area contributed by atoms with Gasteiger partial charge in [0.25, 0.3) is 0 Å². The van der Waals surface area contributed by atoms with Crippen LogP contribution < -0.4 is 5.32 Å². The summed E-state index contributed by atoms with van der Waals surface area (Å²) >= 11 is 0.285. The first-order valence-electron chi connectivity index (χ1n) is 6.16. The zero-order valence-corrected chi connectivity index (χ0v) is 12.3. The fraction of sp³-hybridized carbons (Fsp3) is 0.0625. The van der Waals surface area contributed by atoms with Gasteiger partial charge in [-0.15, -0.1) is 0 Å². The molecule has 0 amide bonds. The predicted molar refractivity (Wildman–Crippen MR) is 81.1 cm³/mol. The number of hydrogen-bond donors (Lipinski definition) is 1. The molecular formula is C16H14N2Se. The van der Waals surface area contributed by atoms with E-state index in [1.54, 1.807) is 0 Å². The zero-order valence-electron chi connectivity index (χ0n) is 10.6. The monoisotopic (exact) mass is 314 g/mol. The number of hydrogen-bond acceptors (Lipinski definition) is 2. The quantitative estimate of drug-likeness (QED) is 0.743. The average Bonchev–Trinajstić information content (AvgIpc) is 2.91. The van der Waals surface area contributed by atoms with E-state index in [4.69, 9.17) is 0 Å². The summed E-state index contributed by atoms with van der Waals surface area (Å²) in [5.41, 5.74) is 4.66. The van der Waals surface area contributed by atoms with E-state index in [0.29, 0.717) is 0 Å². The summed E-state index contributed by atoms with van der Waals surface area (Å²) in [5.74, 6) is 0. The third-order valence-corrected chi connectivity index (χ3v) is 4.55. The number of aromatic nitrogens is 1. The van der Waals surface area contributed by atoms with Crippen LogP contribution in [0.1, 0.15) is 5.56 Å². The number of nitrogens with one attached hydrogen (secondary N) is 1. The summed E-state index contributed by atoms with van der Waals surface area (Å²) in [4.78, 5) is 6.91. The molecule has 94 valence electrons. The maximum absolute atomic E-state index is 4.69. The van der Waals surface area contributed by atoms with E-state index in [1.807, 2.05) is 24.3 Å². The minimum atomic E-state index is 0.285. The van der Waals surface area contributed by atoms with Gasteiger partial charge in [0.2, 0.25) is 0 Å². The van der Waals surface area contributed by atoms with E-state index in [2.05, 4.69) is 52.5 Å². The van der Waals surface area contributed by atoms with Crippen molar-refractivity contribution in [3.8, 4) is 11.3 Å². The van der Waals surface area contributed by atoms with Crippen molar-refractivity contribution in [2.24, 2.45) is 0 Å². The second-order valence-electron chi connectivity index (χ2n) is 4.34. The molecule has 2 nitrogen and oxygen atoms in total. The van der Waals surface area contributed by atoms with E-state index in [0.717, 1.165) is 16.1 Å². The van der Waals surface area contributed by atoms with Crippen LogP contribution in [0.25, 0.3) is 11.3 Å². The number of anilines is 2. The van der Waals surface area contributed by atoms with Crippen molar-refractivity contribution in [3.05, 3.63) is 65.1 Å². The fourth-order valence-electron chi connectivity index (χ4n) is 1.90. The Hall–Kier alpha value is -1.83. The normalized spacial score (nSPS) is 10.4. The van der Waals surface area contributed by atoms with Crippen LogP contribution in [0.2, 0.25) is 0 Å². The van der Waals surface area contributed by atoms with Gasteiger partial charge in [0, 0.05) is 0 Å². The molecule has 0 bridgehead atoms. The molecule has 0 fully saturated rings. The van der Waals surface area contributed by atoms with Crippen LogP contribution in [0, 0.1) is 6.92 Å². The molecule has 1 N–H and O–H groups in total. The van der Waals surface area contributed by atoms with E-state index in [9.17, 15) is 0 Å². The van der Waals surface area contributed by atoms with Gasteiger partial charge >= 0.3 is 118 Å². The molecule has 3 heteroatoms. The number of rotatable bonds is 3. The van der Waals surface area contributed by atoms with Crippen LogP contribution in [0.3, 0.4) is 0 Å². The first kappa shape index (κ1) is 12.2. The van der Waals surface area contributed by atoms with Gasteiger partial charge < -0.3 is 0 Å². The van der Waals surface area contributed by atoms with Gasteiger partial charge in [-0.1, -0.05) is 0 Å². The van der Waals surface area contributed by atoms with Crippen LogP contribution in [0.5, 0.6) is 0 Å². The Labute approximate surface area is 118 Å². The van der Waals surface area contributed by atoms with Crippen molar-refractivity contribution in [3.63, 3.8) is 0 Å². The van der Waals surface area contributed by atoms with Crippen molar-refractivity contribution in [2.45, 2.75) is 6.92 Å². The standard InChI is InChI=1S/C16H14N2Se/c1-12-7-5-6-10-14(12)17-16-18-15(11-19-16)13-8-3-2-4-9-13/h2-11H,1H3,(H,17,18). The van der Waals surface area contributed by atoms with Crippen molar-refractivity contribution in [1.29, 1.82) is 0 Å². The van der Waals surface area contributed by atoms with Crippen LogP contribution in [0.15, 0.2) is 59.5 Å². The van der Waals surface area contributed by atoms with Gasteiger partial charge in [0.05, 0.1) is 0 Å². The molecule has 0 unspecified atom stereocenters. The molecule has 0 spiro atoms. The molecule has 19 heavy (non-hydrogen) atoms. The molecule has 1 heterocycles. The molecule has 1 aromatic heterocycles. The summed E-state index contributed by atoms with van der Waals surface area (Å²) < 4.78 is 1.07. The maximum atomic E-state index is 4.69. The number of benzene rings is 2. The topological polar surface area (TPSA) is 24.9 Å². The fourth-order valence-corrected chi connectivity index (χ4v) is 3.44. The molecule has 0 saturated carbocycles. The first-order chi connectivity index (χ1) is 9.33. The molecule has 0 saturated heterocycles. The zero-order chi connectivity index (χ0) is 13.1. The molecule has 0 aliphatic carbocycles. The van der Waals surface area contributed by atoms with Crippen molar-refractivity contribution in [2.75, 3.05) is 5.32 Å². The summed E-state index contributed by atoms with van der Waals surface area (Å²) in [7, 11) is 0.